The van der Waals surface area contributed by atoms with Crippen molar-refractivity contribution in [1.82, 2.24) is 5.32 Å². The van der Waals surface area contributed by atoms with Crippen LogP contribution < -0.4 is 5.32 Å². The van der Waals surface area contributed by atoms with Crippen molar-refractivity contribution in [3.8, 4) is 0 Å². The molecule has 1 unspecified atom stereocenters. The van der Waals surface area contributed by atoms with Crippen LogP contribution in [0, 0.1) is 11.6 Å². The minimum Gasteiger partial charge on any atom is -0.313 e. The van der Waals surface area contributed by atoms with Gasteiger partial charge in [0.1, 0.15) is 11.6 Å². The smallest absolute Gasteiger partial charge is 0.132 e. The Morgan fingerprint density at radius 3 is 2.42 bits per heavy atom. The van der Waals surface area contributed by atoms with Gasteiger partial charge in [-0.3, -0.25) is 0 Å². The second-order valence-corrected chi connectivity index (χ2v) is 6.75. The summed E-state index contributed by atoms with van der Waals surface area (Å²) in [4.78, 5) is 0.978. The molecule has 102 valence electrons. The zero-order valence-electron chi connectivity index (χ0n) is 10.0. The number of nitrogens with one attached hydrogen (secondary N) is 1. The first kappa shape index (κ1) is 14.9. The van der Waals surface area contributed by atoms with Gasteiger partial charge in [0.25, 0.3) is 0 Å². The Bertz CT molecular complexity index is 565. The molecule has 19 heavy (non-hydrogen) atoms. The van der Waals surface area contributed by atoms with Gasteiger partial charge in [-0.05, 0) is 31.3 Å². The van der Waals surface area contributed by atoms with E-state index >= 15 is 0 Å². The number of benzene rings is 1. The molecule has 0 spiro atoms. The molecule has 1 heterocycles. The molecule has 0 saturated heterocycles. The van der Waals surface area contributed by atoms with Gasteiger partial charge in [-0.25, -0.2) is 8.78 Å². The molecule has 0 amide bonds. The van der Waals surface area contributed by atoms with Crippen molar-refractivity contribution >= 4 is 38.9 Å². The molecule has 1 aromatic carbocycles. The number of hydrogen-bond acceptors (Lipinski definition) is 2. The Hall–Kier alpha value is -0.490. The normalized spacial score (nSPS) is 12.7. The molecule has 0 bridgehead atoms. The maximum absolute atomic E-state index is 13.9. The topological polar surface area (TPSA) is 12.0 Å². The number of halogens is 4. The summed E-state index contributed by atoms with van der Waals surface area (Å²) in [6.45, 7) is 0. The van der Waals surface area contributed by atoms with E-state index in [0.717, 1.165) is 4.88 Å². The summed E-state index contributed by atoms with van der Waals surface area (Å²) in [5.41, 5.74) is 0.0511. The third-order valence-electron chi connectivity index (χ3n) is 2.77. The van der Waals surface area contributed by atoms with Crippen molar-refractivity contribution < 1.29 is 8.78 Å². The number of rotatable bonds is 4. The van der Waals surface area contributed by atoms with E-state index in [-0.39, 0.29) is 5.56 Å². The van der Waals surface area contributed by atoms with Crippen molar-refractivity contribution in [3.63, 3.8) is 0 Å². The van der Waals surface area contributed by atoms with Crippen LogP contribution in [-0.2, 0) is 6.42 Å². The molecule has 1 atom stereocenters. The quantitative estimate of drug-likeness (QED) is 0.807. The van der Waals surface area contributed by atoms with Crippen molar-refractivity contribution in [2.75, 3.05) is 7.05 Å². The van der Waals surface area contributed by atoms with Crippen LogP contribution in [0.4, 0.5) is 8.78 Å². The highest BCUT2D eigenvalue weighted by Crippen LogP contribution is 2.30. The lowest BCUT2D eigenvalue weighted by molar-refractivity contribution is 0.490. The Morgan fingerprint density at radius 1 is 1.32 bits per heavy atom. The zero-order chi connectivity index (χ0) is 14.0. The molecule has 0 fully saturated rings. The molecular formula is C13H11BrClF2NS. The van der Waals surface area contributed by atoms with E-state index in [1.807, 2.05) is 6.07 Å². The third-order valence-corrected chi connectivity index (χ3v) is 4.49. The Balaban J connectivity index is 2.32. The standard InChI is InChI=1S/C13H11BrClF2NS/c1-18-11(6-8-2-3-12(15)19-8)13-9(16)4-7(14)5-10(13)17/h2-5,11,18H,6H2,1H3. The molecule has 0 radical (unpaired) electrons. The van der Waals surface area contributed by atoms with E-state index in [0.29, 0.717) is 15.2 Å². The minimum atomic E-state index is -0.561. The van der Waals surface area contributed by atoms with Gasteiger partial charge in [-0.1, -0.05) is 27.5 Å². The third kappa shape index (κ3) is 3.54. The lowest BCUT2D eigenvalue weighted by atomic mass is 10.0. The van der Waals surface area contributed by atoms with Crippen LogP contribution in [-0.4, -0.2) is 7.05 Å². The van der Waals surface area contributed by atoms with Gasteiger partial charge in [-0.2, -0.15) is 0 Å². The summed E-state index contributed by atoms with van der Waals surface area (Å²) >= 11 is 10.3. The molecule has 1 nitrogen and oxygen atoms in total. The second-order valence-electron chi connectivity index (χ2n) is 4.03. The molecule has 0 saturated carbocycles. The number of likely N-dealkylation sites (N-methyl/N-ethyl adjacent to an activating group) is 1. The average Bonchev–Trinajstić information content (AvgIpc) is 2.72. The van der Waals surface area contributed by atoms with Gasteiger partial charge < -0.3 is 5.32 Å². The predicted octanol–water partition coefficient (Wildman–Crippen LogP) is 4.95. The molecule has 0 aliphatic rings. The lowest BCUT2D eigenvalue weighted by Crippen LogP contribution is -2.21. The molecule has 2 aromatic rings. The van der Waals surface area contributed by atoms with Gasteiger partial charge in [0.05, 0.1) is 4.34 Å². The summed E-state index contributed by atoms with van der Waals surface area (Å²) in [6, 6.07) is 5.76. The SMILES string of the molecule is CNC(Cc1ccc(Cl)s1)c1c(F)cc(Br)cc1F. The Labute approximate surface area is 127 Å². The van der Waals surface area contributed by atoms with Crippen LogP contribution in [0.5, 0.6) is 0 Å². The van der Waals surface area contributed by atoms with Crippen LogP contribution in [0.3, 0.4) is 0 Å². The summed E-state index contributed by atoms with van der Waals surface area (Å²) < 4.78 is 28.9. The molecule has 0 aliphatic carbocycles. The molecule has 6 heteroatoms. The highest BCUT2D eigenvalue weighted by Gasteiger charge is 2.20. The highest BCUT2D eigenvalue weighted by molar-refractivity contribution is 9.10. The van der Waals surface area contributed by atoms with Gasteiger partial charge in [0.15, 0.2) is 0 Å². The summed E-state index contributed by atoms with van der Waals surface area (Å²) in [5.74, 6) is -1.12. The van der Waals surface area contributed by atoms with Gasteiger partial charge >= 0.3 is 0 Å². The summed E-state index contributed by atoms with van der Waals surface area (Å²) in [7, 11) is 1.68. The first-order chi connectivity index (χ1) is 9.01. The Morgan fingerprint density at radius 2 is 1.95 bits per heavy atom. The fourth-order valence-corrected chi connectivity index (χ4v) is 3.43. The molecule has 1 N–H and O–H groups in total. The van der Waals surface area contributed by atoms with Crippen molar-refractivity contribution in [3.05, 3.63) is 55.1 Å². The maximum atomic E-state index is 13.9. The van der Waals surface area contributed by atoms with Crippen molar-refractivity contribution in [1.29, 1.82) is 0 Å². The van der Waals surface area contributed by atoms with Crippen molar-refractivity contribution in [2.45, 2.75) is 12.5 Å². The van der Waals surface area contributed by atoms with E-state index in [4.69, 9.17) is 11.6 Å². The molecule has 1 aromatic heterocycles. The van der Waals surface area contributed by atoms with Crippen molar-refractivity contribution in [2.24, 2.45) is 0 Å². The first-order valence-electron chi connectivity index (χ1n) is 5.57. The lowest BCUT2D eigenvalue weighted by Gasteiger charge is -2.17. The highest BCUT2D eigenvalue weighted by atomic mass is 79.9. The fourth-order valence-electron chi connectivity index (χ4n) is 1.90. The zero-order valence-corrected chi connectivity index (χ0v) is 13.2. The Kier molecular flexibility index (Phi) is 4.95. The van der Waals surface area contributed by atoms with Gasteiger partial charge in [0.2, 0.25) is 0 Å². The second kappa shape index (κ2) is 6.31. The largest absolute Gasteiger partial charge is 0.313 e. The molecule has 0 aliphatic heterocycles. The summed E-state index contributed by atoms with van der Waals surface area (Å²) in [6.07, 6.45) is 0.489. The van der Waals surface area contributed by atoms with E-state index in [9.17, 15) is 8.78 Å². The molecule has 2 rings (SSSR count). The van der Waals surface area contributed by atoms with Crippen LogP contribution in [0.1, 0.15) is 16.5 Å². The average molecular weight is 367 g/mol. The van der Waals surface area contributed by atoms with Crippen LogP contribution in [0.25, 0.3) is 0 Å². The number of hydrogen-bond donors (Lipinski definition) is 1. The van der Waals surface area contributed by atoms with E-state index in [2.05, 4.69) is 21.2 Å². The summed E-state index contributed by atoms with van der Waals surface area (Å²) in [5, 5.41) is 2.95. The minimum absolute atomic E-state index is 0.0511. The van der Waals surface area contributed by atoms with Crippen LogP contribution in [0.2, 0.25) is 4.34 Å². The van der Waals surface area contributed by atoms with Crippen LogP contribution in [0.15, 0.2) is 28.7 Å². The van der Waals surface area contributed by atoms with Gasteiger partial charge in [0, 0.05) is 27.4 Å². The first-order valence-corrected chi connectivity index (χ1v) is 7.56. The number of thiophene rings is 1. The van der Waals surface area contributed by atoms with E-state index in [1.165, 1.54) is 23.5 Å². The fraction of sp³-hybridized carbons (Fsp3) is 0.231. The van der Waals surface area contributed by atoms with Gasteiger partial charge in [-0.15, -0.1) is 11.3 Å². The predicted molar refractivity (Wildman–Crippen MR) is 78.9 cm³/mol. The van der Waals surface area contributed by atoms with E-state index < -0.39 is 17.7 Å². The van der Waals surface area contributed by atoms with E-state index in [1.54, 1.807) is 13.1 Å². The molecular weight excluding hydrogens is 356 g/mol. The maximum Gasteiger partial charge on any atom is 0.132 e. The van der Waals surface area contributed by atoms with Crippen LogP contribution >= 0.6 is 38.9 Å². The monoisotopic (exact) mass is 365 g/mol.